The monoisotopic (exact) mass is 235 g/mol. The molecule has 0 spiro atoms. The van der Waals surface area contributed by atoms with Gasteiger partial charge in [-0.1, -0.05) is 12.1 Å². The molecule has 3 N–H and O–H groups in total. The van der Waals surface area contributed by atoms with E-state index in [0.29, 0.717) is 5.69 Å². The second-order valence-electron chi connectivity index (χ2n) is 3.25. The first-order valence-corrected chi connectivity index (χ1v) is 4.92. The molecule has 0 saturated carbocycles. The fraction of sp³-hybridized carbons (Fsp3) is 0.182. The molecule has 6 nitrogen and oxygen atoms in total. The van der Waals surface area contributed by atoms with Crippen molar-refractivity contribution in [2.75, 3.05) is 11.9 Å². The van der Waals surface area contributed by atoms with Crippen LogP contribution >= 0.6 is 0 Å². The zero-order valence-corrected chi connectivity index (χ0v) is 9.30. The smallest absolute Gasteiger partial charge is 0.265 e. The average molecular weight is 235 g/mol. The summed E-state index contributed by atoms with van der Waals surface area (Å²) >= 11 is 0. The van der Waals surface area contributed by atoms with Crippen LogP contribution in [0.4, 0.5) is 5.69 Å². The summed E-state index contributed by atoms with van der Waals surface area (Å²) < 4.78 is 0. The summed E-state index contributed by atoms with van der Waals surface area (Å²) in [6, 6.07) is 6.91. The predicted octanol–water partition coefficient (Wildman–Crippen LogP) is 0.0874. The van der Waals surface area contributed by atoms with Crippen LogP contribution in [0.25, 0.3) is 0 Å². The van der Waals surface area contributed by atoms with Crippen LogP contribution < -0.4 is 10.7 Å². The first-order chi connectivity index (χ1) is 8.11. The molecule has 1 aromatic rings. The van der Waals surface area contributed by atoms with Crippen molar-refractivity contribution < 1.29 is 14.7 Å². The van der Waals surface area contributed by atoms with Crippen LogP contribution in [0.15, 0.2) is 29.4 Å². The summed E-state index contributed by atoms with van der Waals surface area (Å²) in [5, 5.41) is 14.7. The number of aliphatic hydroxyl groups excluding tert-OH is 1. The van der Waals surface area contributed by atoms with Crippen molar-refractivity contribution in [1.82, 2.24) is 5.43 Å². The Morgan fingerprint density at radius 2 is 2.00 bits per heavy atom. The Balaban J connectivity index is 2.56. The van der Waals surface area contributed by atoms with Crippen LogP contribution in [0, 0.1) is 0 Å². The minimum Gasteiger partial charge on any atom is -0.386 e. The number of nitrogens with one attached hydrogen (secondary N) is 2. The standard InChI is InChI=1S/C11H13N3O3/c1-8(16)13-10-4-2-9(3-5-10)6-12-14-11(17)7-15/h2-6,15H,7H2,1H3,(H,13,16)(H,14,17). The van der Waals surface area contributed by atoms with Gasteiger partial charge in [-0.25, -0.2) is 5.43 Å². The number of hydrazone groups is 1. The summed E-state index contributed by atoms with van der Waals surface area (Å²) in [6.07, 6.45) is 1.44. The maximum Gasteiger partial charge on any atom is 0.265 e. The van der Waals surface area contributed by atoms with E-state index in [9.17, 15) is 9.59 Å². The molecule has 1 rings (SSSR count). The molecular weight excluding hydrogens is 222 g/mol. The van der Waals surface area contributed by atoms with E-state index in [1.165, 1.54) is 13.1 Å². The minimum absolute atomic E-state index is 0.137. The normalized spacial score (nSPS) is 10.2. The van der Waals surface area contributed by atoms with E-state index in [2.05, 4.69) is 15.8 Å². The average Bonchev–Trinajstić information content (AvgIpc) is 2.30. The predicted molar refractivity (Wildman–Crippen MR) is 63.6 cm³/mol. The van der Waals surface area contributed by atoms with Gasteiger partial charge in [-0.05, 0) is 17.7 Å². The van der Waals surface area contributed by atoms with Crippen molar-refractivity contribution in [3.8, 4) is 0 Å². The molecule has 0 aliphatic heterocycles. The number of carbonyl (C=O) groups is 2. The second kappa shape index (κ2) is 6.39. The lowest BCUT2D eigenvalue weighted by Gasteiger charge is -2.01. The van der Waals surface area contributed by atoms with Crippen molar-refractivity contribution in [2.24, 2.45) is 5.10 Å². The summed E-state index contributed by atoms with van der Waals surface area (Å²) in [7, 11) is 0. The first-order valence-electron chi connectivity index (χ1n) is 4.92. The molecule has 0 saturated heterocycles. The third-order valence-electron chi connectivity index (χ3n) is 1.78. The zero-order chi connectivity index (χ0) is 12.7. The molecule has 0 aliphatic rings. The van der Waals surface area contributed by atoms with Crippen LogP contribution in [-0.2, 0) is 9.59 Å². The molecule has 0 bridgehead atoms. The molecule has 0 atom stereocenters. The van der Waals surface area contributed by atoms with Gasteiger partial charge < -0.3 is 10.4 Å². The molecule has 0 aromatic heterocycles. The minimum atomic E-state index is -0.598. The molecule has 17 heavy (non-hydrogen) atoms. The van der Waals surface area contributed by atoms with Crippen molar-refractivity contribution >= 4 is 23.7 Å². The Hall–Kier alpha value is -2.21. The highest BCUT2D eigenvalue weighted by Gasteiger charge is 1.95. The van der Waals surface area contributed by atoms with Crippen molar-refractivity contribution in [1.29, 1.82) is 0 Å². The lowest BCUT2D eigenvalue weighted by atomic mass is 10.2. The molecule has 2 amide bonds. The lowest BCUT2D eigenvalue weighted by molar-refractivity contribution is -0.123. The van der Waals surface area contributed by atoms with E-state index >= 15 is 0 Å². The SMILES string of the molecule is CC(=O)Nc1ccc(C=NNC(=O)CO)cc1. The number of carbonyl (C=O) groups excluding carboxylic acids is 2. The number of nitrogens with zero attached hydrogens (tertiary/aromatic N) is 1. The molecule has 0 heterocycles. The van der Waals surface area contributed by atoms with Gasteiger partial charge in [0, 0.05) is 12.6 Å². The van der Waals surface area contributed by atoms with E-state index in [4.69, 9.17) is 5.11 Å². The molecule has 90 valence electrons. The Morgan fingerprint density at radius 1 is 1.35 bits per heavy atom. The van der Waals surface area contributed by atoms with Crippen molar-refractivity contribution in [3.05, 3.63) is 29.8 Å². The Labute approximate surface area is 98.3 Å². The summed E-state index contributed by atoms with van der Waals surface area (Å²) in [5.74, 6) is -0.710. The van der Waals surface area contributed by atoms with Gasteiger partial charge in [-0.3, -0.25) is 9.59 Å². The van der Waals surface area contributed by atoms with Crippen LogP contribution in [0.2, 0.25) is 0 Å². The number of hydrogen-bond donors (Lipinski definition) is 3. The molecule has 0 aliphatic carbocycles. The first kappa shape index (κ1) is 12.9. The zero-order valence-electron chi connectivity index (χ0n) is 9.30. The fourth-order valence-electron chi connectivity index (χ4n) is 1.07. The topological polar surface area (TPSA) is 90.8 Å². The maximum atomic E-state index is 10.8. The third kappa shape index (κ3) is 4.89. The fourth-order valence-corrected chi connectivity index (χ4v) is 1.07. The molecule has 1 aromatic carbocycles. The van der Waals surface area contributed by atoms with E-state index in [1.807, 2.05) is 0 Å². The van der Waals surface area contributed by atoms with Gasteiger partial charge in [0.25, 0.3) is 5.91 Å². The van der Waals surface area contributed by atoms with Crippen molar-refractivity contribution in [2.45, 2.75) is 6.92 Å². The van der Waals surface area contributed by atoms with Crippen LogP contribution in [0.1, 0.15) is 12.5 Å². The number of anilines is 1. The molecule has 0 fully saturated rings. The van der Waals surface area contributed by atoms with Gasteiger partial charge in [0.05, 0.1) is 6.21 Å². The summed E-state index contributed by atoms with van der Waals surface area (Å²) in [5.41, 5.74) is 3.59. The van der Waals surface area contributed by atoms with Gasteiger partial charge in [-0.15, -0.1) is 0 Å². The van der Waals surface area contributed by atoms with Crippen LogP contribution in [-0.4, -0.2) is 29.7 Å². The number of aliphatic hydroxyl groups is 1. The van der Waals surface area contributed by atoms with Gasteiger partial charge in [0.2, 0.25) is 5.91 Å². The summed E-state index contributed by atoms with van der Waals surface area (Å²) in [6.45, 7) is 0.832. The second-order valence-corrected chi connectivity index (χ2v) is 3.25. The summed E-state index contributed by atoms with van der Waals surface area (Å²) in [4.78, 5) is 21.4. The molecule has 0 unspecified atom stereocenters. The van der Waals surface area contributed by atoms with Gasteiger partial charge in [0.15, 0.2) is 0 Å². The maximum absolute atomic E-state index is 10.8. The number of hydrogen-bond acceptors (Lipinski definition) is 4. The highest BCUT2D eigenvalue weighted by molar-refractivity contribution is 5.89. The van der Waals surface area contributed by atoms with Crippen LogP contribution in [0.5, 0.6) is 0 Å². The molecule has 0 radical (unpaired) electrons. The van der Waals surface area contributed by atoms with E-state index < -0.39 is 12.5 Å². The van der Waals surface area contributed by atoms with Crippen LogP contribution in [0.3, 0.4) is 0 Å². The quantitative estimate of drug-likeness (QED) is 0.510. The third-order valence-corrected chi connectivity index (χ3v) is 1.78. The Kier molecular flexibility index (Phi) is 4.83. The highest BCUT2D eigenvalue weighted by Crippen LogP contribution is 2.07. The van der Waals surface area contributed by atoms with E-state index in [-0.39, 0.29) is 5.91 Å². The van der Waals surface area contributed by atoms with E-state index in [1.54, 1.807) is 24.3 Å². The van der Waals surface area contributed by atoms with Gasteiger partial charge in [0.1, 0.15) is 6.61 Å². The van der Waals surface area contributed by atoms with Gasteiger partial charge >= 0.3 is 0 Å². The number of benzene rings is 1. The largest absolute Gasteiger partial charge is 0.386 e. The van der Waals surface area contributed by atoms with Gasteiger partial charge in [-0.2, -0.15) is 5.10 Å². The Bertz CT molecular complexity index is 426. The highest BCUT2D eigenvalue weighted by atomic mass is 16.3. The lowest BCUT2D eigenvalue weighted by Crippen LogP contribution is -2.20. The molecule has 6 heteroatoms. The van der Waals surface area contributed by atoms with Crippen molar-refractivity contribution in [3.63, 3.8) is 0 Å². The number of amides is 2. The van der Waals surface area contributed by atoms with E-state index in [0.717, 1.165) is 5.56 Å². The number of rotatable bonds is 4. The Morgan fingerprint density at radius 3 is 2.53 bits per heavy atom. The molecular formula is C11H13N3O3.